The number of methoxy groups -OCH3 is 2. The van der Waals surface area contributed by atoms with E-state index in [1.807, 2.05) is 13.0 Å². The zero-order valence-corrected chi connectivity index (χ0v) is 15.2. The van der Waals surface area contributed by atoms with E-state index in [1.54, 1.807) is 18.2 Å². The zero-order chi connectivity index (χ0) is 19.4. The van der Waals surface area contributed by atoms with Crippen LogP contribution in [0.1, 0.15) is 12.7 Å². The fraction of sp³-hybridized carbons (Fsp3) is 0.333. The number of aromatic nitrogens is 2. The third kappa shape index (κ3) is 3.54. The molecule has 0 fully saturated rings. The fourth-order valence-electron chi connectivity index (χ4n) is 2.73. The van der Waals surface area contributed by atoms with Crippen molar-refractivity contribution in [1.29, 1.82) is 0 Å². The average molecular weight is 373 g/mol. The summed E-state index contributed by atoms with van der Waals surface area (Å²) in [6.45, 7) is 1.90. The maximum Gasteiger partial charge on any atom is 0.355 e. The van der Waals surface area contributed by atoms with E-state index in [9.17, 15) is 9.59 Å². The molecular weight excluding hydrogens is 354 g/mol. The Hall–Kier alpha value is -3.20. The van der Waals surface area contributed by atoms with Gasteiger partial charge in [-0.25, -0.2) is 9.59 Å². The summed E-state index contributed by atoms with van der Waals surface area (Å²) < 4.78 is 20.5. The van der Waals surface area contributed by atoms with E-state index in [2.05, 4.69) is 10.1 Å². The molecular formula is C18H19N3O6. The first-order valence-corrected chi connectivity index (χ1v) is 8.27. The van der Waals surface area contributed by atoms with Gasteiger partial charge in [-0.05, 0) is 12.1 Å². The van der Waals surface area contributed by atoms with Crippen molar-refractivity contribution in [2.75, 3.05) is 32.5 Å². The van der Waals surface area contributed by atoms with Crippen LogP contribution in [0.2, 0.25) is 0 Å². The van der Waals surface area contributed by atoms with Crippen LogP contribution in [-0.4, -0.2) is 49.6 Å². The van der Waals surface area contributed by atoms with Gasteiger partial charge in [0.1, 0.15) is 12.4 Å². The standard InChI is InChI=1S/C18H19N3O6/c1-4-14-19-16(27-20-14)11-7-5-6-8-13(11)21-10-26-9-12(17(22)24-2)15(21)18(23)25-3/h5-8H,4,9-10H2,1-3H3. The molecule has 0 saturated heterocycles. The van der Waals surface area contributed by atoms with Crippen molar-refractivity contribution in [3.63, 3.8) is 0 Å². The second-order valence-electron chi connectivity index (χ2n) is 5.60. The number of hydrogen-bond donors (Lipinski definition) is 0. The topological polar surface area (TPSA) is 104 Å². The van der Waals surface area contributed by atoms with E-state index >= 15 is 0 Å². The monoisotopic (exact) mass is 373 g/mol. The maximum atomic E-state index is 12.4. The number of anilines is 1. The van der Waals surface area contributed by atoms with Crippen molar-refractivity contribution in [2.24, 2.45) is 0 Å². The van der Waals surface area contributed by atoms with E-state index < -0.39 is 11.9 Å². The molecule has 3 rings (SSSR count). The lowest BCUT2D eigenvalue weighted by Gasteiger charge is -2.32. The van der Waals surface area contributed by atoms with Gasteiger partial charge in [0, 0.05) is 6.42 Å². The van der Waals surface area contributed by atoms with Crippen LogP contribution in [0.3, 0.4) is 0 Å². The maximum absolute atomic E-state index is 12.4. The minimum Gasteiger partial charge on any atom is -0.466 e. The lowest BCUT2D eigenvalue weighted by Crippen LogP contribution is -2.39. The number of ether oxygens (including phenoxy) is 3. The van der Waals surface area contributed by atoms with Gasteiger partial charge in [0.25, 0.3) is 5.89 Å². The minimum absolute atomic E-state index is 0.0384. The van der Waals surface area contributed by atoms with Crippen LogP contribution < -0.4 is 4.90 Å². The SMILES string of the molecule is CCc1noc(-c2ccccc2N2COCC(C(=O)OC)=C2C(=O)OC)n1. The first-order valence-electron chi connectivity index (χ1n) is 8.27. The number of nitrogens with zero attached hydrogens (tertiary/aromatic N) is 3. The molecule has 0 atom stereocenters. The molecule has 0 amide bonds. The Labute approximate surface area is 155 Å². The van der Waals surface area contributed by atoms with Crippen LogP contribution in [0, 0.1) is 0 Å². The van der Waals surface area contributed by atoms with E-state index in [1.165, 1.54) is 19.1 Å². The normalized spacial score (nSPS) is 14.3. The second kappa shape index (κ2) is 8.00. The van der Waals surface area contributed by atoms with Crippen LogP contribution in [0.15, 0.2) is 40.1 Å². The molecule has 2 aromatic rings. The van der Waals surface area contributed by atoms with Gasteiger partial charge in [0.15, 0.2) is 5.82 Å². The lowest BCUT2D eigenvalue weighted by molar-refractivity contribution is -0.140. The number of carbonyl (C=O) groups excluding carboxylic acids is 2. The van der Waals surface area contributed by atoms with Crippen LogP contribution in [0.4, 0.5) is 5.69 Å². The highest BCUT2D eigenvalue weighted by Gasteiger charge is 2.33. The minimum atomic E-state index is -0.673. The summed E-state index contributed by atoms with van der Waals surface area (Å²) in [6, 6.07) is 7.14. The summed E-state index contributed by atoms with van der Waals surface area (Å²) in [5, 5.41) is 3.91. The Morgan fingerprint density at radius 1 is 1.19 bits per heavy atom. The van der Waals surface area contributed by atoms with E-state index in [-0.39, 0.29) is 24.6 Å². The van der Waals surface area contributed by atoms with E-state index in [0.29, 0.717) is 29.4 Å². The van der Waals surface area contributed by atoms with Gasteiger partial charge in [-0.2, -0.15) is 4.98 Å². The Bertz CT molecular complexity index is 889. The molecule has 1 aromatic carbocycles. The summed E-state index contributed by atoms with van der Waals surface area (Å²) >= 11 is 0. The number of esters is 2. The van der Waals surface area contributed by atoms with Crippen LogP contribution in [-0.2, 0) is 30.2 Å². The highest BCUT2D eigenvalue weighted by molar-refractivity contribution is 6.04. The molecule has 0 saturated carbocycles. The first-order chi connectivity index (χ1) is 13.1. The number of benzene rings is 1. The van der Waals surface area contributed by atoms with Gasteiger partial charge in [-0.1, -0.05) is 24.2 Å². The molecule has 0 radical (unpaired) electrons. The van der Waals surface area contributed by atoms with Crippen molar-refractivity contribution in [3.05, 3.63) is 41.4 Å². The fourth-order valence-corrected chi connectivity index (χ4v) is 2.73. The molecule has 1 aromatic heterocycles. The number of para-hydroxylation sites is 1. The van der Waals surface area contributed by atoms with Crippen molar-refractivity contribution < 1.29 is 28.3 Å². The molecule has 2 heterocycles. The van der Waals surface area contributed by atoms with E-state index in [4.69, 9.17) is 18.7 Å². The van der Waals surface area contributed by atoms with Crippen LogP contribution >= 0.6 is 0 Å². The van der Waals surface area contributed by atoms with Gasteiger partial charge >= 0.3 is 11.9 Å². The number of aryl methyl sites for hydroxylation is 1. The predicted octanol–water partition coefficient (Wildman–Crippen LogP) is 1.69. The summed E-state index contributed by atoms with van der Waals surface area (Å²) in [5.74, 6) is -0.470. The number of rotatable bonds is 5. The average Bonchev–Trinajstić information content (AvgIpc) is 3.21. The van der Waals surface area contributed by atoms with Gasteiger partial charge in [-0.3, -0.25) is 0 Å². The Morgan fingerprint density at radius 2 is 1.93 bits per heavy atom. The van der Waals surface area contributed by atoms with E-state index in [0.717, 1.165) is 0 Å². The Morgan fingerprint density at radius 3 is 2.59 bits per heavy atom. The highest BCUT2D eigenvalue weighted by atomic mass is 16.5. The molecule has 27 heavy (non-hydrogen) atoms. The molecule has 1 aliphatic rings. The zero-order valence-electron chi connectivity index (χ0n) is 15.2. The Kier molecular flexibility index (Phi) is 5.51. The first kappa shape index (κ1) is 18.6. The third-order valence-corrected chi connectivity index (χ3v) is 4.04. The van der Waals surface area contributed by atoms with Crippen molar-refractivity contribution in [3.8, 4) is 11.5 Å². The van der Waals surface area contributed by atoms with Crippen molar-refractivity contribution >= 4 is 17.6 Å². The quantitative estimate of drug-likeness (QED) is 0.724. The molecule has 0 unspecified atom stereocenters. The van der Waals surface area contributed by atoms with Crippen LogP contribution in [0.5, 0.6) is 0 Å². The summed E-state index contributed by atoms with van der Waals surface area (Å²) in [5.41, 5.74) is 1.29. The van der Waals surface area contributed by atoms with Crippen molar-refractivity contribution in [2.45, 2.75) is 13.3 Å². The third-order valence-electron chi connectivity index (χ3n) is 4.04. The summed E-state index contributed by atoms with van der Waals surface area (Å²) in [7, 11) is 2.48. The molecule has 0 spiro atoms. The molecule has 9 nitrogen and oxygen atoms in total. The molecule has 0 N–H and O–H groups in total. The lowest BCUT2D eigenvalue weighted by atomic mass is 10.1. The second-order valence-corrected chi connectivity index (χ2v) is 5.60. The highest BCUT2D eigenvalue weighted by Crippen LogP contribution is 2.34. The van der Waals surface area contributed by atoms with Gasteiger partial charge in [0.05, 0.1) is 37.7 Å². The Balaban J connectivity index is 2.14. The summed E-state index contributed by atoms with van der Waals surface area (Å²) in [4.78, 5) is 30.5. The van der Waals surface area contributed by atoms with Gasteiger partial charge < -0.3 is 23.6 Å². The molecule has 1 aliphatic heterocycles. The smallest absolute Gasteiger partial charge is 0.355 e. The molecule has 0 aliphatic carbocycles. The van der Waals surface area contributed by atoms with Gasteiger partial charge in [-0.15, -0.1) is 0 Å². The largest absolute Gasteiger partial charge is 0.466 e. The van der Waals surface area contributed by atoms with Gasteiger partial charge in [0.2, 0.25) is 0 Å². The molecule has 0 bridgehead atoms. The number of hydrogen-bond acceptors (Lipinski definition) is 9. The van der Waals surface area contributed by atoms with Crippen LogP contribution in [0.25, 0.3) is 11.5 Å². The predicted molar refractivity (Wildman–Crippen MR) is 93.5 cm³/mol. The molecule has 9 heteroatoms. The molecule has 142 valence electrons. The number of carbonyl (C=O) groups is 2. The van der Waals surface area contributed by atoms with Crippen molar-refractivity contribution in [1.82, 2.24) is 10.1 Å². The summed E-state index contributed by atoms with van der Waals surface area (Å²) in [6.07, 6.45) is 0.623.